The van der Waals surface area contributed by atoms with Crippen LogP contribution in [0, 0.1) is 0 Å². The number of halogens is 4. The highest BCUT2D eigenvalue weighted by atomic mass is 35.5. The summed E-state index contributed by atoms with van der Waals surface area (Å²) in [6, 6.07) is 2.49. The van der Waals surface area contributed by atoms with Gasteiger partial charge in [0.2, 0.25) is 0 Å². The molecule has 0 fully saturated rings. The zero-order chi connectivity index (χ0) is 13.1. The molecule has 2 N–H and O–H groups in total. The lowest BCUT2D eigenvalue weighted by molar-refractivity contribution is -0.137. The number of anilines is 1. The molecule has 0 saturated heterocycles. The molecular formula is C9H6ClF3N2O2. The number of carbonyl (C=O) groups is 1. The highest BCUT2D eigenvalue weighted by molar-refractivity contribution is 6.36. The number of carbonyl (C=O) groups excluding carboxylic acids is 1. The summed E-state index contributed by atoms with van der Waals surface area (Å²) in [6.07, 6.45) is -4.04. The van der Waals surface area contributed by atoms with E-state index in [2.05, 4.69) is 5.16 Å². The van der Waals surface area contributed by atoms with Crippen molar-refractivity contribution in [2.75, 3.05) is 5.32 Å². The molecule has 92 valence electrons. The van der Waals surface area contributed by atoms with Crippen LogP contribution in [0.5, 0.6) is 0 Å². The Bertz CT molecular complexity index is 460. The van der Waals surface area contributed by atoms with E-state index in [1.165, 1.54) is 0 Å². The summed E-state index contributed by atoms with van der Waals surface area (Å²) >= 11 is 5.60. The second-order valence-corrected chi connectivity index (χ2v) is 3.33. The smallest absolute Gasteiger partial charge is 0.411 e. The average Bonchev–Trinajstić information content (AvgIpc) is 2.20. The number of nitrogens with zero attached hydrogens (tertiary/aromatic N) is 1. The molecule has 0 aromatic heterocycles. The molecule has 8 heteroatoms. The second kappa shape index (κ2) is 5.05. The van der Waals surface area contributed by atoms with Gasteiger partial charge in [0.15, 0.2) is 0 Å². The largest absolute Gasteiger partial charge is 0.416 e. The summed E-state index contributed by atoms with van der Waals surface area (Å²) in [4.78, 5) is 11.0. The highest BCUT2D eigenvalue weighted by Crippen LogP contribution is 2.33. The molecule has 0 aliphatic rings. The van der Waals surface area contributed by atoms with Crippen LogP contribution in [0.2, 0.25) is 5.02 Å². The van der Waals surface area contributed by atoms with E-state index in [-0.39, 0.29) is 10.7 Å². The van der Waals surface area contributed by atoms with Crippen molar-refractivity contribution >= 4 is 29.4 Å². The Morgan fingerprint density at radius 2 is 2.12 bits per heavy atom. The monoisotopic (exact) mass is 266 g/mol. The summed E-state index contributed by atoms with van der Waals surface area (Å²) in [5, 5.41) is 12.5. The third-order valence-corrected chi connectivity index (χ3v) is 2.06. The molecule has 0 heterocycles. The average molecular weight is 267 g/mol. The minimum absolute atomic E-state index is 0.0577. The minimum Gasteiger partial charge on any atom is -0.411 e. The standard InChI is InChI=1S/C9H6ClF3N2O2/c10-6-2-1-5(9(11,12)13)3-7(6)15-8(16)4-14-17/h1-4,17H,(H,15,16)/b14-4+. The Morgan fingerprint density at radius 3 is 2.65 bits per heavy atom. The zero-order valence-electron chi connectivity index (χ0n) is 8.12. The highest BCUT2D eigenvalue weighted by Gasteiger charge is 2.31. The molecule has 0 radical (unpaired) electrons. The number of rotatable bonds is 2. The Morgan fingerprint density at radius 1 is 1.47 bits per heavy atom. The van der Waals surface area contributed by atoms with E-state index in [1.807, 2.05) is 5.32 Å². The van der Waals surface area contributed by atoms with Crippen LogP contribution < -0.4 is 5.32 Å². The van der Waals surface area contributed by atoms with Crippen LogP contribution in [0.1, 0.15) is 5.56 Å². The fourth-order valence-electron chi connectivity index (χ4n) is 1.01. The van der Waals surface area contributed by atoms with Gasteiger partial charge < -0.3 is 10.5 Å². The SMILES string of the molecule is O=C(/C=N/O)Nc1cc(C(F)(F)F)ccc1Cl. The normalized spacial score (nSPS) is 11.8. The summed E-state index contributed by atoms with van der Waals surface area (Å²) in [5.41, 5.74) is -1.16. The van der Waals surface area contributed by atoms with Gasteiger partial charge >= 0.3 is 6.18 Å². The Labute approximate surface area is 98.7 Å². The maximum absolute atomic E-state index is 12.4. The zero-order valence-corrected chi connectivity index (χ0v) is 8.88. The quantitative estimate of drug-likeness (QED) is 0.491. The van der Waals surface area contributed by atoms with Crippen molar-refractivity contribution in [2.24, 2.45) is 5.16 Å². The van der Waals surface area contributed by atoms with Crippen molar-refractivity contribution in [3.63, 3.8) is 0 Å². The maximum Gasteiger partial charge on any atom is 0.416 e. The van der Waals surface area contributed by atoms with Crippen molar-refractivity contribution in [1.82, 2.24) is 0 Å². The summed E-state index contributed by atoms with van der Waals surface area (Å²) in [7, 11) is 0. The van der Waals surface area contributed by atoms with Crippen molar-refractivity contribution in [3.05, 3.63) is 28.8 Å². The molecule has 1 amide bonds. The van der Waals surface area contributed by atoms with Crippen LogP contribution in [0.3, 0.4) is 0 Å². The first kappa shape index (κ1) is 13.3. The van der Waals surface area contributed by atoms with Gasteiger partial charge in [0.05, 0.1) is 16.3 Å². The molecule has 1 aromatic carbocycles. The van der Waals surface area contributed by atoms with E-state index >= 15 is 0 Å². The lowest BCUT2D eigenvalue weighted by Crippen LogP contribution is -2.14. The van der Waals surface area contributed by atoms with E-state index in [9.17, 15) is 18.0 Å². The van der Waals surface area contributed by atoms with Gasteiger partial charge in [-0.1, -0.05) is 16.8 Å². The first-order valence-corrected chi connectivity index (χ1v) is 4.57. The molecule has 0 aliphatic heterocycles. The van der Waals surface area contributed by atoms with Gasteiger partial charge in [-0.25, -0.2) is 0 Å². The predicted octanol–water partition coefficient (Wildman–Crippen LogP) is 2.76. The summed E-state index contributed by atoms with van der Waals surface area (Å²) in [6.45, 7) is 0. The van der Waals surface area contributed by atoms with Gasteiger partial charge in [0, 0.05) is 0 Å². The molecule has 17 heavy (non-hydrogen) atoms. The van der Waals surface area contributed by atoms with Crippen LogP contribution in [0.25, 0.3) is 0 Å². The minimum atomic E-state index is -4.53. The van der Waals surface area contributed by atoms with Crippen molar-refractivity contribution in [2.45, 2.75) is 6.18 Å². The molecule has 0 saturated carbocycles. The Hall–Kier alpha value is -1.76. The number of nitrogens with one attached hydrogen (secondary N) is 1. The fraction of sp³-hybridized carbons (Fsp3) is 0.111. The number of alkyl halides is 3. The van der Waals surface area contributed by atoms with E-state index in [0.717, 1.165) is 12.1 Å². The van der Waals surface area contributed by atoms with Gasteiger partial charge in [-0.05, 0) is 18.2 Å². The summed E-state index contributed by atoms with van der Waals surface area (Å²) < 4.78 is 37.1. The van der Waals surface area contributed by atoms with Gasteiger partial charge in [-0.15, -0.1) is 0 Å². The van der Waals surface area contributed by atoms with Crippen molar-refractivity contribution in [1.29, 1.82) is 0 Å². The Kier molecular flexibility index (Phi) is 3.95. The van der Waals surface area contributed by atoms with Gasteiger partial charge in [0.1, 0.15) is 6.21 Å². The molecule has 0 bridgehead atoms. The lowest BCUT2D eigenvalue weighted by Gasteiger charge is -2.10. The number of oxime groups is 1. The molecule has 0 unspecified atom stereocenters. The second-order valence-electron chi connectivity index (χ2n) is 2.93. The lowest BCUT2D eigenvalue weighted by atomic mass is 10.2. The summed E-state index contributed by atoms with van der Waals surface area (Å²) in [5.74, 6) is -0.895. The van der Waals surface area contributed by atoms with Crippen molar-refractivity contribution < 1.29 is 23.2 Å². The Balaban J connectivity index is 3.03. The predicted molar refractivity (Wildman–Crippen MR) is 55.4 cm³/mol. The van der Waals surface area contributed by atoms with Crippen LogP contribution in [-0.4, -0.2) is 17.3 Å². The van der Waals surface area contributed by atoms with E-state index in [0.29, 0.717) is 12.3 Å². The molecule has 1 aromatic rings. The van der Waals surface area contributed by atoms with Crippen LogP contribution >= 0.6 is 11.6 Å². The molecule has 0 spiro atoms. The molecule has 4 nitrogen and oxygen atoms in total. The first-order chi connectivity index (χ1) is 7.84. The molecule has 0 atom stereocenters. The van der Waals surface area contributed by atoms with Crippen LogP contribution in [0.15, 0.2) is 23.4 Å². The third-order valence-electron chi connectivity index (χ3n) is 1.73. The number of hydrogen-bond donors (Lipinski definition) is 2. The molecule has 0 aliphatic carbocycles. The van der Waals surface area contributed by atoms with Crippen molar-refractivity contribution in [3.8, 4) is 0 Å². The van der Waals surface area contributed by atoms with E-state index in [4.69, 9.17) is 16.8 Å². The molecular weight excluding hydrogens is 261 g/mol. The number of amides is 1. The van der Waals surface area contributed by atoms with Crippen LogP contribution in [-0.2, 0) is 11.0 Å². The van der Waals surface area contributed by atoms with E-state index in [1.54, 1.807) is 0 Å². The van der Waals surface area contributed by atoms with Gasteiger partial charge in [0.25, 0.3) is 5.91 Å². The topological polar surface area (TPSA) is 61.7 Å². The fourth-order valence-corrected chi connectivity index (χ4v) is 1.18. The van der Waals surface area contributed by atoms with Gasteiger partial charge in [-0.2, -0.15) is 13.2 Å². The van der Waals surface area contributed by atoms with Crippen LogP contribution in [0.4, 0.5) is 18.9 Å². The van der Waals surface area contributed by atoms with Gasteiger partial charge in [-0.3, -0.25) is 4.79 Å². The number of benzene rings is 1. The third kappa shape index (κ3) is 3.63. The van der Waals surface area contributed by atoms with E-state index < -0.39 is 17.6 Å². The first-order valence-electron chi connectivity index (χ1n) is 4.19. The maximum atomic E-state index is 12.4. The molecule has 1 rings (SSSR count). The number of hydrogen-bond acceptors (Lipinski definition) is 3.